The van der Waals surface area contributed by atoms with Gasteiger partial charge in [0.2, 0.25) is 0 Å². The highest BCUT2D eigenvalue weighted by Crippen LogP contribution is 2.32. The molecule has 0 radical (unpaired) electrons. The van der Waals surface area contributed by atoms with Gasteiger partial charge in [0.05, 0.1) is 19.8 Å². The van der Waals surface area contributed by atoms with Crippen molar-refractivity contribution in [3.8, 4) is 0 Å². The van der Waals surface area contributed by atoms with Crippen LogP contribution in [0.25, 0.3) is 0 Å². The summed E-state index contributed by atoms with van der Waals surface area (Å²) in [5.41, 5.74) is 0. The lowest BCUT2D eigenvalue weighted by Gasteiger charge is -2.47. The van der Waals surface area contributed by atoms with E-state index in [2.05, 4.69) is 0 Å². The molecule has 0 aliphatic carbocycles. The van der Waals surface area contributed by atoms with Crippen LogP contribution in [0.5, 0.6) is 0 Å². The van der Waals surface area contributed by atoms with Crippen molar-refractivity contribution in [2.24, 2.45) is 0 Å². The normalized spacial score (nSPS) is 52.5. The fourth-order valence-electron chi connectivity index (χ4n) is 4.06. The van der Waals surface area contributed by atoms with Crippen molar-refractivity contribution in [2.45, 2.75) is 92.1 Å². The van der Waals surface area contributed by atoms with E-state index in [0.717, 1.165) is 0 Å². The molecular weight excluding hydrogens is 472 g/mol. The highest BCUT2D eigenvalue weighted by Gasteiger charge is 2.53. The summed E-state index contributed by atoms with van der Waals surface area (Å²) >= 11 is 0. The lowest BCUT2D eigenvalue weighted by atomic mass is 9.96. The summed E-state index contributed by atoms with van der Waals surface area (Å²) in [6.45, 7) is -2.32. The number of aliphatic hydroxyl groups excluding tert-OH is 11. The number of hydrogen-bond acceptors (Lipinski definition) is 16. The molecule has 0 aromatic rings. The molecule has 0 amide bonds. The van der Waals surface area contributed by atoms with Crippen LogP contribution in [0.15, 0.2) is 0 Å². The van der Waals surface area contributed by atoms with Gasteiger partial charge in [0.15, 0.2) is 18.9 Å². The molecule has 200 valence electrons. The van der Waals surface area contributed by atoms with Crippen molar-refractivity contribution in [3.05, 3.63) is 0 Å². The van der Waals surface area contributed by atoms with Gasteiger partial charge < -0.3 is 79.9 Å². The van der Waals surface area contributed by atoms with Crippen molar-refractivity contribution >= 4 is 0 Å². The second-order valence-electron chi connectivity index (χ2n) is 8.33. The molecule has 3 heterocycles. The fourth-order valence-corrected chi connectivity index (χ4v) is 4.06. The zero-order chi connectivity index (χ0) is 25.3. The maximum atomic E-state index is 10.6. The Morgan fingerprint density at radius 1 is 0.441 bits per heavy atom. The third kappa shape index (κ3) is 5.37. The third-order valence-corrected chi connectivity index (χ3v) is 6.09. The molecular formula is C18H32O16. The minimum Gasteiger partial charge on any atom is -0.394 e. The molecule has 15 atom stereocenters. The van der Waals surface area contributed by atoms with E-state index in [4.69, 9.17) is 23.7 Å². The topological polar surface area (TPSA) is 269 Å². The second-order valence-corrected chi connectivity index (χ2v) is 8.33. The molecule has 0 unspecified atom stereocenters. The molecule has 3 rings (SSSR count). The van der Waals surface area contributed by atoms with Crippen molar-refractivity contribution in [3.63, 3.8) is 0 Å². The van der Waals surface area contributed by atoms with Gasteiger partial charge >= 0.3 is 0 Å². The van der Waals surface area contributed by atoms with Crippen molar-refractivity contribution in [2.75, 3.05) is 19.8 Å². The van der Waals surface area contributed by atoms with Gasteiger partial charge in [-0.05, 0) is 0 Å². The largest absolute Gasteiger partial charge is 0.394 e. The molecule has 34 heavy (non-hydrogen) atoms. The summed E-state index contributed by atoms with van der Waals surface area (Å²) in [5, 5.41) is 109. The Labute approximate surface area is 192 Å². The van der Waals surface area contributed by atoms with Gasteiger partial charge in [0, 0.05) is 0 Å². The molecule has 0 aromatic heterocycles. The van der Waals surface area contributed by atoms with Gasteiger partial charge in [-0.25, -0.2) is 0 Å². The van der Waals surface area contributed by atoms with Gasteiger partial charge in [-0.2, -0.15) is 0 Å². The number of ether oxygens (including phenoxy) is 5. The van der Waals surface area contributed by atoms with Gasteiger partial charge in [-0.3, -0.25) is 0 Å². The van der Waals surface area contributed by atoms with Crippen molar-refractivity contribution in [1.29, 1.82) is 0 Å². The molecule has 3 aliphatic rings. The SMILES string of the molecule is OC[C@H]1O[C@@H](O[C@H]2[C@H](O)[C@@H](O)[C@H](O[C@H]3[C@H](O)[C@@H](O)[C@@H](O)O[C@@H]3CO)O[C@@H]2CO)[C@H](O)[C@@H](O)[C@@H]1O. The van der Waals surface area contributed by atoms with Crippen LogP contribution < -0.4 is 0 Å². The maximum Gasteiger partial charge on any atom is 0.187 e. The Balaban J connectivity index is 1.72. The first kappa shape index (κ1) is 27.9. The quantitative estimate of drug-likeness (QED) is 0.154. The van der Waals surface area contributed by atoms with E-state index in [9.17, 15) is 56.2 Å². The van der Waals surface area contributed by atoms with Gasteiger partial charge in [-0.15, -0.1) is 0 Å². The molecule has 0 spiro atoms. The van der Waals surface area contributed by atoms with Crippen LogP contribution in [0.2, 0.25) is 0 Å². The summed E-state index contributed by atoms with van der Waals surface area (Å²) in [4.78, 5) is 0. The van der Waals surface area contributed by atoms with E-state index in [1.54, 1.807) is 0 Å². The molecule has 16 nitrogen and oxygen atoms in total. The minimum atomic E-state index is -1.91. The Morgan fingerprint density at radius 2 is 0.853 bits per heavy atom. The first-order valence-electron chi connectivity index (χ1n) is 10.6. The summed E-state index contributed by atoms with van der Waals surface area (Å²) in [5.74, 6) is 0. The smallest absolute Gasteiger partial charge is 0.187 e. The third-order valence-electron chi connectivity index (χ3n) is 6.09. The molecule has 0 saturated carbocycles. The second kappa shape index (κ2) is 11.6. The Hall–Kier alpha value is -0.640. The Bertz CT molecular complexity index is 635. The zero-order valence-electron chi connectivity index (χ0n) is 17.7. The van der Waals surface area contributed by atoms with Gasteiger partial charge in [-0.1, -0.05) is 0 Å². The fraction of sp³-hybridized carbons (Fsp3) is 1.00. The standard InChI is InChI=1S/C18H32O16/c19-1-4-7(22)8(23)12(27)17(31-4)34-15-6(3-21)32-18(13(28)10(15)25)33-14-5(2-20)30-16(29)11(26)9(14)24/h4-29H,1-3H2/t4-,5-,6-,7-,8+,9-,10-,11-,12-,13-,14-,15-,16+,17+,18+/m1/s1. The minimum absolute atomic E-state index is 0.741. The first-order chi connectivity index (χ1) is 16.0. The van der Waals surface area contributed by atoms with Crippen molar-refractivity contribution < 1.29 is 79.9 Å². The van der Waals surface area contributed by atoms with Crippen LogP contribution in [0.3, 0.4) is 0 Å². The van der Waals surface area contributed by atoms with Gasteiger partial charge in [0.25, 0.3) is 0 Å². The van der Waals surface area contributed by atoms with Gasteiger partial charge in [0.1, 0.15) is 73.2 Å². The summed E-state index contributed by atoms with van der Waals surface area (Å²) in [6, 6.07) is 0. The van der Waals surface area contributed by atoms with Crippen LogP contribution in [0.1, 0.15) is 0 Å². The predicted octanol–water partition coefficient (Wildman–Crippen LogP) is -7.57. The summed E-state index contributed by atoms with van der Waals surface area (Å²) < 4.78 is 26.4. The molecule has 0 aromatic carbocycles. The predicted molar refractivity (Wildman–Crippen MR) is 101 cm³/mol. The van der Waals surface area contributed by atoms with Crippen LogP contribution in [0, 0.1) is 0 Å². The molecule has 16 heteroatoms. The molecule has 3 aliphatic heterocycles. The summed E-state index contributed by atoms with van der Waals surface area (Å²) in [6.07, 6.45) is -25.1. The van der Waals surface area contributed by atoms with Crippen LogP contribution in [0.4, 0.5) is 0 Å². The average Bonchev–Trinajstić information content (AvgIpc) is 2.83. The van der Waals surface area contributed by atoms with Crippen LogP contribution in [-0.2, 0) is 23.7 Å². The van der Waals surface area contributed by atoms with E-state index >= 15 is 0 Å². The number of hydrogen-bond donors (Lipinski definition) is 11. The number of rotatable bonds is 7. The first-order valence-corrected chi connectivity index (χ1v) is 10.6. The molecule has 0 bridgehead atoms. The monoisotopic (exact) mass is 504 g/mol. The molecule has 11 N–H and O–H groups in total. The van der Waals surface area contributed by atoms with E-state index in [1.165, 1.54) is 0 Å². The van der Waals surface area contributed by atoms with Crippen LogP contribution in [-0.4, -0.2) is 168 Å². The van der Waals surface area contributed by atoms with Crippen molar-refractivity contribution in [1.82, 2.24) is 0 Å². The van der Waals surface area contributed by atoms with E-state index in [-0.39, 0.29) is 0 Å². The summed E-state index contributed by atoms with van der Waals surface area (Å²) in [7, 11) is 0. The highest BCUT2D eigenvalue weighted by molar-refractivity contribution is 4.96. The number of aliphatic hydroxyl groups is 11. The zero-order valence-corrected chi connectivity index (χ0v) is 17.7. The van der Waals surface area contributed by atoms with E-state index in [0.29, 0.717) is 0 Å². The molecule has 3 fully saturated rings. The average molecular weight is 504 g/mol. The molecule has 3 saturated heterocycles. The Morgan fingerprint density at radius 3 is 1.35 bits per heavy atom. The Kier molecular flexibility index (Phi) is 9.54. The van der Waals surface area contributed by atoms with Crippen LogP contribution >= 0.6 is 0 Å². The lowest BCUT2D eigenvalue weighted by Crippen LogP contribution is -2.66. The van der Waals surface area contributed by atoms with E-state index in [1.807, 2.05) is 0 Å². The highest BCUT2D eigenvalue weighted by atomic mass is 16.8. The van der Waals surface area contributed by atoms with E-state index < -0.39 is 112 Å². The maximum absolute atomic E-state index is 10.6. The lowest BCUT2D eigenvalue weighted by molar-refractivity contribution is -0.377.